The van der Waals surface area contributed by atoms with Gasteiger partial charge >= 0.3 is 5.97 Å². The molecule has 8 rings (SSSR count). The highest BCUT2D eigenvalue weighted by Crippen LogP contribution is 2.63. The van der Waals surface area contributed by atoms with Crippen LogP contribution < -0.4 is 10.6 Å². The van der Waals surface area contributed by atoms with E-state index < -0.39 is 11.0 Å². The number of hydrogen-bond acceptors (Lipinski definition) is 6. The summed E-state index contributed by atoms with van der Waals surface area (Å²) in [5.41, 5.74) is 3.18. The summed E-state index contributed by atoms with van der Waals surface area (Å²) in [6.45, 7) is 1.47. The molecule has 9 nitrogen and oxygen atoms in total. The van der Waals surface area contributed by atoms with Crippen molar-refractivity contribution >= 4 is 40.2 Å². The second kappa shape index (κ2) is 9.54. The summed E-state index contributed by atoms with van der Waals surface area (Å²) in [5, 5.41) is 6.03. The number of carbonyl (C=O) groups is 3. The fraction of sp³-hybridized carbons (Fsp3) is 0.344. The normalized spacial score (nSPS) is 26.1. The van der Waals surface area contributed by atoms with E-state index in [1.54, 1.807) is 24.4 Å². The van der Waals surface area contributed by atoms with Crippen molar-refractivity contribution in [1.82, 2.24) is 15.0 Å². The maximum absolute atomic E-state index is 13.7. The van der Waals surface area contributed by atoms with E-state index >= 15 is 0 Å². The van der Waals surface area contributed by atoms with Crippen molar-refractivity contribution < 1.29 is 19.1 Å². The van der Waals surface area contributed by atoms with Gasteiger partial charge in [-0.2, -0.15) is 0 Å². The lowest BCUT2D eigenvalue weighted by atomic mass is 9.47. The fourth-order valence-corrected chi connectivity index (χ4v) is 7.76. The van der Waals surface area contributed by atoms with E-state index in [1.165, 1.54) is 6.92 Å². The Morgan fingerprint density at radius 1 is 0.927 bits per heavy atom. The number of aromatic amines is 1. The van der Waals surface area contributed by atoms with E-state index in [-0.39, 0.29) is 17.8 Å². The highest BCUT2D eigenvalue weighted by molar-refractivity contribution is 6.03. The molecule has 2 aromatic heterocycles. The molecule has 2 amide bonds. The molecular formula is C32H31N5O4. The Bertz CT molecular complexity index is 1650. The molecule has 41 heavy (non-hydrogen) atoms. The highest BCUT2D eigenvalue weighted by atomic mass is 16.6. The number of anilines is 2. The molecule has 4 fully saturated rings. The van der Waals surface area contributed by atoms with Crippen molar-refractivity contribution in [3.63, 3.8) is 0 Å². The van der Waals surface area contributed by atoms with Gasteiger partial charge in [0.2, 0.25) is 5.91 Å². The number of ether oxygens (including phenoxy) is 1. The van der Waals surface area contributed by atoms with Crippen LogP contribution >= 0.6 is 0 Å². The van der Waals surface area contributed by atoms with E-state index in [1.807, 2.05) is 42.5 Å². The van der Waals surface area contributed by atoms with Crippen molar-refractivity contribution in [3.8, 4) is 11.4 Å². The number of carbonyl (C=O) groups excluding carboxylic acids is 3. The Kier molecular flexibility index (Phi) is 5.92. The lowest BCUT2D eigenvalue weighted by Gasteiger charge is -2.60. The standard InChI is InChI=1S/C32H31N5O4/c1-19(38)41-32-16-20-12-21(17-32)15-31(14-20,18-32)30(40)35-23-7-5-22(6-8-23)28-36-25-10-9-24(13-27(25)37-28)34-29(39)26-4-2-3-11-33-26/h2-11,13,20-21H,12,14-18H2,1H3,(H,34,39)(H,35,40)(H,36,37)/t20-,21?,31?,32?/m1/s1. The topological polar surface area (TPSA) is 126 Å². The molecule has 4 saturated carbocycles. The second-order valence-electron chi connectivity index (χ2n) is 12.0. The molecule has 4 atom stereocenters. The minimum atomic E-state index is -0.487. The summed E-state index contributed by atoms with van der Waals surface area (Å²) in [5.74, 6) is 1.04. The number of H-pyrrole nitrogens is 1. The van der Waals surface area contributed by atoms with Crippen molar-refractivity contribution in [2.45, 2.75) is 51.0 Å². The molecule has 3 N–H and O–H groups in total. The Morgan fingerprint density at radius 3 is 2.39 bits per heavy atom. The third kappa shape index (κ3) is 4.75. The number of nitrogens with one attached hydrogen (secondary N) is 3. The first-order valence-corrected chi connectivity index (χ1v) is 14.1. The highest BCUT2D eigenvalue weighted by Gasteiger charge is 2.62. The first-order chi connectivity index (χ1) is 19.8. The summed E-state index contributed by atoms with van der Waals surface area (Å²) in [7, 11) is 0. The Hall–Kier alpha value is -4.53. The number of nitrogens with zero attached hydrogens (tertiary/aromatic N) is 2. The number of benzene rings is 2. The molecule has 4 aromatic rings. The summed E-state index contributed by atoms with van der Waals surface area (Å²) in [4.78, 5) is 50.1. The number of fused-ring (bicyclic) bond motifs is 1. The average molecular weight is 550 g/mol. The van der Waals surface area contributed by atoms with Crippen LogP contribution in [-0.4, -0.2) is 38.3 Å². The number of pyridine rings is 1. The summed E-state index contributed by atoms with van der Waals surface area (Å²) in [6.07, 6.45) is 6.80. The second-order valence-corrected chi connectivity index (χ2v) is 12.0. The van der Waals surface area contributed by atoms with Crippen LogP contribution in [0, 0.1) is 17.3 Å². The van der Waals surface area contributed by atoms with Gasteiger partial charge in [-0.3, -0.25) is 19.4 Å². The zero-order valence-corrected chi connectivity index (χ0v) is 22.8. The molecule has 208 valence electrons. The van der Waals surface area contributed by atoms with Crippen molar-refractivity contribution in [3.05, 3.63) is 72.6 Å². The number of rotatable bonds is 6. The number of esters is 1. The molecule has 4 aliphatic carbocycles. The Labute approximate surface area is 237 Å². The molecule has 2 heterocycles. The zero-order valence-electron chi connectivity index (χ0n) is 22.8. The third-order valence-corrected chi connectivity index (χ3v) is 8.90. The van der Waals surface area contributed by atoms with Gasteiger partial charge in [0, 0.05) is 36.5 Å². The first-order valence-electron chi connectivity index (χ1n) is 14.1. The van der Waals surface area contributed by atoms with E-state index in [2.05, 4.69) is 20.6 Å². The van der Waals surface area contributed by atoms with Crippen LogP contribution in [0.5, 0.6) is 0 Å². The molecule has 2 aromatic carbocycles. The Morgan fingerprint density at radius 2 is 1.68 bits per heavy atom. The lowest BCUT2D eigenvalue weighted by molar-refractivity contribution is -0.200. The van der Waals surface area contributed by atoms with Crippen molar-refractivity contribution in [1.29, 1.82) is 0 Å². The van der Waals surface area contributed by atoms with Gasteiger partial charge in [0.15, 0.2) is 0 Å². The Balaban J connectivity index is 1.05. The molecular weight excluding hydrogens is 518 g/mol. The van der Waals surface area contributed by atoms with Crippen LogP contribution in [0.15, 0.2) is 66.9 Å². The molecule has 4 bridgehead atoms. The minimum absolute atomic E-state index is 0.0277. The average Bonchev–Trinajstić information content (AvgIpc) is 3.36. The maximum Gasteiger partial charge on any atom is 0.303 e. The van der Waals surface area contributed by atoms with Gasteiger partial charge < -0.3 is 20.4 Å². The number of aromatic nitrogens is 3. The van der Waals surface area contributed by atoms with Gasteiger partial charge in [-0.25, -0.2) is 4.98 Å². The van der Waals surface area contributed by atoms with Crippen molar-refractivity contribution in [2.75, 3.05) is 10.6 Å². The van der Waals surface area contributed by atoms with Crippen LogP contribution in [0.4, 0.5) is 11.4 Å². The van der Waals surface area contributed by atoms with Crippen LogP contribution in [0.3, 0.4) is 0 Å². The predicted molar refractivity (Wildman–Crippen MR) is 154 cm³/mol. The van der Waals surface area contributed by atoms with Gasteiger partial charge in [-0.05, 0) is 98.5 Å². The molecule has 4 aliphatic rings. The molecule has 0 radical (unpaired) electrons. The fourth-order valence-electron chi connectivity index (χ4n) is 7.76. The number of imidazole rings is 1. The smallest absolute Gasteiger partial charge is 0.303 e. The largest absolute Gasteiger partial charge is 0.459 e. The molecule has 0 aliphatic heterocycles. The number of hydrogen-bond donors (Lipinski definition) is 3. The minimum Gasteiger partial charge on any atom is -0.459 e. The van der Waals surface area contributed by atoms with Crippen LogP contribution in [0.2, 0.25) is 0 Å². The van der Waals surface area contributed by atoms with E-state index in [0.717, 1.165) is 54.4 Å². The molecule has 9 heteroatoms. The first kappa shape index (κ1) is 25.4. The van der Waals surface area contributed by atoms with Gasteiger partial charge in [0.1, 0.15) is 17.1 Å². The van der Waals surface area contributed by atoms with Gasteiger partial charge in [0.25, 0.3) is 5.91 Å². The third-order valence-electron chi connectivity index (χ3n) is 8.90. The van der Waals surface area contributed by atoms with Gasteiger partial charge in [0.05, 0.1) is 16.4 Å². The zero-order chi connectivity index (χ0) is 28.2. The van der Waals surface area contributed by atoms with Gasteiger partial charge in [-0.1, -0.05) is 6.07 Å². The summed E-state index contributed by atoms with van der Waals surface area (Å²) >= 11 is 0. The van der Waals surface area contributed by atoms with E-state index in [0.29, 0.717) is 35.5 Å². The summed E-state index contributed by atoms with van der Waals surface area (Å²) in [6, 6.07) is 18.3. The van der Waals surface area contributed by atoms with E-state index in [9.17, 15) is 14.4 Å². The van der Waals surface area contributed by atoms with Crippen LogP contribution in [-0.2, 0) is 14.3 Å². The van der Waals surface area contributed by atoms with Crippen LogP contribution in [0.1, 0.15) is 55.9 Å². The SMILES string of the molecule is CC(=O)OC12CC3C[C@@H](C1)CC(C(=O)Nc1ccc(-c4nc5ccc(NC(=O)c6ccccn6)cc5[nH]4)cc1)(C3)C2. The van der Waals surface area contributed by atoms with Crippen molar-refractivity contribution in [2.24, 2.45) is 17.3 Å². The summed E-state index contributed by atoms with van der Waals surface area (Å²) < 4.78 is 5.86. The van der Waals surface area contributed by atoms with Gasteiger partial charge in [-0.15, -0.1) is 0 Å². The molecule has 3 unspecified atom stereocenters. The maximum atomic E-state index is 13.7. The quantitative estimate of drug-likeness (QED) is 0.264. The lowest BCUT2D eigenvalue weighted by Crippen LogP contribution is -2.60. The van der Waals surface area contributed by atoms with E-state index in [4.69, 9.17) is 9.72 Å². The number of amides is 2. The monoisotopic (exact) mass is 549 g/mol. The molecule has 0 spiro atoms. The molecule has 0 saturated heterocycles. The van der Waals surface area contributed by atoms with Crippen LogP contribution in [0.25, 0.3) is 22.4 Å². The predicted octanol–water partition coefficient (Wildman–Crippen LogP) is 5.72.